The fraction of sp³-hybridized carbons (Fsp3) is 0.385. The van der Waals surface area contributed by atoms with Crippen LogP contribution in [0.3, 0.4) is 0 Å². The predicted molar refractivity (Wildman–Crippen MR) is 128 cm³/mol. The fourth-order valence-electron chi connectivity index (χ4n) is 4.33. The second kappa shape index (κ2) is 10.8. The Balaban J connectivity index is 1.26. The Labute approximate surface area is 199 Å². The van der Waals surface area contributed by atoms with Gasteiger partial charge in [0.25, 0.3) is 5.91 Å². The monoisotopic (exact) mass is 468 g/mol. The number of morpholine rings is 1. The second-order valence-corrected chi connectivity index (χ2v) is 8.86. The Kier molecular flexibility index (Phi) is 7.55. The Morgan fingerprint density at radius 2 is 1.94 bits per heavy atom. The molecule has 2 N–H and O–H groups in total. The molecule has 33 heavy (non-hydrogen) atoms. The van der Waals surface area contributed by atoms with Gasteiger partial charge in [-0.15, -0.1) is 0 Å². The molecule has 1 saturated heterocycles. The number of rotatable bonds is 7. The maximum Gasteiger partial charge on any atom is 0.286 e. The lowest BCUT2D eigenvalue weighted by Crippen LogP contribution is -2.54. The highest BCUT2D eigenvalue weighted by Gasteiger charge is 2.40. The Morgan fingerprint density at radius 1 is 1.18 bits per heavy atom. The zero-order chi connectivity index (χ0) is 23.2. The molecule has 2 aliphatic rings. The standard InChI is InChI=1S/C26H29ClN2O4/c1-2-32-21-10-5-17(6-11-21)13-14-28-25(30)19-7-12-23-22(16-19)29-26(31)24(33-23)15-18-3-8-20(27)9-4-18/h3-6,8-11,15,19,22-23H,2,7,12-14,16H2,1H3,(H,28,30)(H,29,31)/b24-15-. The van der Waals surface area contributed by atoms with E-state index in [0.29, 0.717) is 30.4 Å². The predicted octanol–water partition coefficient (Wildman–Crippen LogP) is 4.12. The largest absolute Gasteiger partial charge is 0.494 e. The van der Waals surface area contributed by atoms with Crippen molar-refractivity contribution in [3.63, 3.8) is 0 Å². The first kappa shape index (κ1) is 23.2. The van der Waals surface area contributed by atoms with E-state index in [1.165, 1.54) is 0 Å². The van der Waals surface area contributed by atoms with Gasteiger partial charge in [-0.2, -0.15) is 0 Å². The zero-order valence-corrected chi connectivity index (χ0v) is 19.4. The van der Waals surface area contributed by atoms with E-state index in [1.807, 2.05) is 43.3 Å². The smallest absolute Gasteiger partial charge is 0.286 e. The van der Waals surface area contributed by atoms with Crippen LogP contribution in [0.1, 0.15) is 37.3 Å². The lowest BCUT2D eigenvalue weighted by atomic mass is 9.82. The maximum absolute atomic E-state index is 12.7. The van der Waals surface area contributed by atoms with Crippen LogP contribution in [0.5, 0.6) is 5.75 Å². The third-order valence-electron chi connectivity index (χ3n) is 6.09. The minimum absolute atomic E-state index is 0.0381. The quantitative estimate of drug-likeness (QED) is 0.599. The lowest BCUT2D eigenvalue weighted by Gasteiger charge is -2.39. The summed E-state index contributed by atoms with van der Waals surface area (Å²) in [6, 6.07) is 15.0. The number of ether oxygens (including phenoxy) is 2. The molecular formula is C26H29ClN2O4. The van der Waals surface area contributed by atoms with E-state index in [9.17, 15) is 9.59 Å². The minimum atomic E-state index is -0.247. The van der Waals surface area contributed by atoms with Crippen LogP contribution in [0.15, 0.2) is 54.3 Å². The van der Waals surface area contributed by atoms with Gasteiger partial charge in [-0.25, -0.2) is 0 Å². The topological polar surface area (TPSA) is 76.7 Å². The van der Waals surface area contributed by atoms with Crippen LogP contribution in [0, 0.1) is 5.92 Å². The summed E-state index contributed by atoms with van der Waals surface area (Å²) < 4.78 is 11.5. The highest BCUT2D eigenvalue weighted by atomic mass is 35.5. The molecule has 0 spiro atoms. The Bertz CT molecular complexity index is 1000. The molecule has 2 aromatic rings. The molecule has 2 aromatic carbocycles. The zero-order valence-electron chi connectivity index (χ0n) is 18.7. The van der Waals surface area contributed by atoms with E-state index in [2.05, 4.69) is 10.6 Å². The van der Waals surface area contributed by atoms with E-state index in [-0.39, 0.29) is 29.9 Å². The summed E-state index contributed by atoms with van der Waals surface area (Å²) in [5.74, 6) is 0.818. The van der Waals surface area contributed by atoms with Crippen molar-refractivity contribution in [3.8, 4) is 5.75 Å². The first-order chi connectivity index (χ1) is 16.0. The molecule has 0 aromatic heterocycles. The van der Waals surface area contributed by atoms with Crippen molar-refractivity contribution in [1.29, 1.82) is 0 Å². The summed E-state index contributed by atoms with van der Waals surface area (Å²) in [4.78, 5) is 25.3. The van der Waals surface area contributed by atoms with Crippen molar-refractivity contribution in [1.82, 2.24) is 10.6 Å². The summed E-state index contributed by atoms with van der Waals surface area (Å²) in [7, 11) is 0. The van der Waals surface area contributed by atoms with Crippen LogP contribution in [0.2, 0.25) is 5.02 Å². The van der Waals surface area contributed by atoms with Gasteiger partial charge in [0.2, 0.25) is 5.91 Å². The highest BCUT2D eigenvalue weighted by molar-refractivity contribution is 6.30. The van der Waals surface area contributed by atoms with Gasteiger partial charge >= 0.3 is 0 Å². The highest BCUT2D eigenvalue weighted by Crippen LogP contribution is 2.31. The summed E-state index contributed by atoms with van der Waals surface area (Å²) in [5, 5.41) is 6.72. The third kappa shape index (κ3) is 6.08. The number of hydrogen-bond donors (Lipinski definition) is 2. The molecule has 6 nitrogen and oxygen atoms in total. The number of amides is 2. The number of benzene rings is 2. The molecule has 1 aliphatic heterocycles. The molecule has 1 saturated carbocycles. The minimum Gasteiger partial charge on any atom is -0.494 e. The van der Waals surface area contributed by atoms with Gasteiger partial charge in [0, 0.05) is 17.5 Å². The average molecular weight is 469 g/mol. The molecule has 7 heteroatoms. The lowest BCUT2D eigenvalue weighted by molar-refractivity contribution is -0.134. The molecule has 174 valence electrons. The van der Waals surface area contributed by atoms with Crippen LogP contribution in [0.4, 0.5) is 0 Å². The molecule has 3 atom stereocenters. The van der Waals surface area contributed by atoms with Gasteiger partial charge in [0.15, 0.2) is 5.76 Å². The van der Waals surface area contributed by atoms with Gasteiger partial charge in [-0.05, 0) is 74.1 Å². The molecule has 1 aliphatic carbocycles. The van der Waals surface area contributed by atoms with Crippen LogP contribution < -0.4 is 15.4 Å². The molecule has 1 heterocycles. The van der Waals surface area contributed by atoms with Crippen LogP contribution in [-0.2, 0) is 20.7 Å². The first-order valence-corrected chi connectivity index (χ1v) is 11.8. The summed E-state index contributed by atoms with van der Waals surface area (Å²) in [5.41, 5.74) is 2.00. The molecule has 2 amide bonds. The van der Waals surface area contributed by atoms with Gasteiger partial charge in [0.1, 0.15) is 11.9 Å². The van der Waals surface area contributed by atoms with Gasteiger partial charge in [0.05, 0.1) is 12.6 Å². The summed E-state index contributed by atoms with van der Waals surface area (Å²) in [6.07, 6.45) is 4.41. The molecular weight excluding hydrogens is 440 g/mol. The first-order valence-electron chi connectivity index (χ1n) is 11.5. The summed E-state index contributed by atoms with van der Waals surface area (Å²) >= 11 is 5.92. The number of nitrogens with one attached hydrogen (secondary N) is 2. The number of halogens is 1. The Morgan fingerprint density at radius 3 is 2.67 bits per heavy atom. The van der Waals surface area contributed by atoms with E-state index in [4.69, 9.17) is 21.1 Å². The van der Waals surface area contributed by atoms with Crippen molar-refractivity contribution in [3.05, 3.63) is 70.4 Å². The van der Waals surface area contributed by atoms with Crippen molar-refractivity contribution in [2.75, 3.05) is 13.2 Å². The van der Waals surface area contributed by atoms with Gasteiger partial charge in [-0.3, -0.25) is 9.59 Å². The Hall–Kier alpha value is -2.99. The van der Waals surface area contributed by atoms with Crippen LogP contribution in [-0.4, -0.2) is 37.1 Å². The van der Waals surface area contributed by atoms with Crippen LogP contribution >= 0.6 is 11.6 Å². The average Bonchev–Trinajstić information content (AvgIpc) is 2.82. The number of carbonyl (C=O) groups is 2. The maximum atomic E-state index is 12.7. The fourth-order valence-corrected chi connectivity index (χ4v) is 4.46. The summed E-state index contributed by atoms with van der Waals surface area (Å²) in [6.45, 7) is 3.18. The molecule has 0 radical (unpaired) electrons. The molecule has 3 unspecified atom stereocenters. The number of fused-ring (bicyclic) bond motifs is 1. The van der Waals surface area contributed by atoms with Gasteiger partial charge in [-0.1, -0.05) is 35.9 Å². The van der Waals surface area contributed by atoms with Crippen molar-refractivity contribution >= 4 is 29.5 Å². The molecule has 0 bridgehead atoms. The number of hydrogen-bond acceptors (Lipinski definition) is 4. The van der Waals surface area contributed by atoms with E-state index >= 15 is 0 Å². The number of carbonyl (C=O) groups excluding carboxylic acids is 2. The normalized spacial score (nSPS) is 23.3. The molecule has 2 fully saturated rings. The SMILES string of the molecule is CCOc1ccc(CCNC(=O)C2CCC3O/C(=C\c4ccc(Cl)cc4)C(=O)NC3C2)cc1. The van der Waals surface area contributed by atoms with Crippen molar-refractivity contribution in [2.24, 2.45) is 5.92 Å². The van der Waals surface area contributed by atoms with Crippen LogP contribution in [0.25, 0.3) is 6.08 Å². The second-order valence-electron chi connectivity index (χ2n) is 8.42. The van der Waals surface area contributed by atoms with E-state index in [1.54, 1.807) is 18.2 Å². The van der Waals surface area contributed by atoms with Crippen molar-refractivity contribution < 1.29 is 19.1 Å². The van der Waals surface area contributed by atoms with Gasteiger partial charge < -0.3 is 20.1 Å². The third-order valence-corrected chi connectivity index (χ3v) is 6.34. The van der Waals surface area contributed by atoms with E-state index < -0.39 is 0 Å². The van der Waals surface area contributed by atoms with Crippen molar-refractivity contribution in [2.45, 2.75) is 44.8 Å². The van der Waals surface area contributed by atoms with E-state index in [0.717, 1.165) is 36.1 Å². The molecule has 4 rings (SSSR count).